The third kappa shape index (κ3) is 2.22. The Morgan fingerprint density at radius 2 is 2.25 bits per heavy atom. The highest BCUT2D eigenvalue weighted by Gasteiger charge is 2.12. The molecule has 0 aliphatic heterocycles. The lowest BCUT2D eigenvalue weighted by Gasteiger charge is -2.06. The molecule has 0 aliphatic rings. The number of ether oxygens (including phenoxy) is 1. The van der Waals surface area contributed by atoms with Gasteiger partial charge in [-0.2, -0.15) is 0 Å². The van der Waals surface area contributed by atoms with Crippen molar-refractivity contribution in [2.24, 2.45) is 0 Å². The van der Waals surface area contributed by atoms with E-state index in [4.69, 9.17) is 14.9 Å². The van der Waals surface area contributed by atoms with Crippen molar-refractivity contribution in [3.8, 4) is 5.75 Å². The Bertz CT molecular complexity index is 701. The van der Waals surface area contributed by atoms with E-state index in [1.54, 1.807) is 12.5 Å². The lowest BCUT2D eigenvalue weighted by atomic mass is 10.2. The van der Waals surface area contributed by atoms with E-state index in [9.17, 15) is 0 Å². The van der Waals surface area contributed by atoms with Crippen molar-refractivity contribution in [3.63, 3.8) is 0 Å². The largest absolute Gasteiger partial charge is 0.491 e. The maximum atomic E-state index is 6.03. The first-order valence-electron chi connectivity index (χ1n) is 6.68. The average molecular weight is 271 g/mol. The van der Waals surface area contributed by atoms with Crippen molar-refractivity contribution in [1.82, 2.24) is 9.55 Å². The number of aromatic nitrogens is 2. The number of imidazole rings is 1. The second kappa shape index (κ2) is 5.28. The summed E-state index contributed by atoms with van der Waals surface area (Å²) in [5, 5.41) is 0. The van der Waals surface area contributed by atoms with Gasteiger partial charge in [0.2, 0.25) is 5.95 Å². The van der Waals surface area contributed by atoms with E-state index in [0.717, 1.165) is 28.8 Å². The number of hydrogen-bond donors (Lipinski definition) is 1. The molecule has 0 saturated carbocycles. The van der Waals surface area contributed by atoms with E-state index < -0.39 is 0 Å². The number of nitrogens with zero attached hydrogens (tertiary/aromatic N) is 2. The summed E-state index contributed by atoms with van der Waals surface area (Å²) >= 11 is 0. The Morgan fingerprint density at radius 3 is 3.00 bits per heavy atom. The van der Waals surface area contributed by atoms with Crippen LogP contribution in [-0.2, 0) is 6.54 Å². The second-order valence-corrected chi connectivity index (χ2v) is 4.66. The van der Waals surface area contributed by atoms with Crippen LogP contribution in [0.3, 0.4) is 0 Å². The Kier molecular flexibility index (Phi) is 3.33. The number of anilines is 1. The van der Waals surface area contributed by atoms with Crippen molar-refractivity contribution < 1.29 is 9.15 Å². The predicted molar refractivity (Wildman–Crippen MR) is 77.7 cm³/mol. The lowest BCUT2D eigenvalue weighted by Crippen LogP contribution is -2.03. The van der Waals surface area contributed by atoms with Crippen LogP contribution in [0, 0.1) is 0 Å². The predicted octanol–water partition coefficient (Wildman–Crippen LogP) is 3.05. The van der Waals surface area contributed by atoms with Crippen LogP contribution in [0.5, 0.6) is 5.75 Å². The summed E-state index contributed by atoms with van der Waals surface area (Å²) in [6.45, 7) is 3.38. The van der Waals surface area contributed by atoms with Crippen LogP contribution in [0.1, 0.15) is 18.9 Å². The molecule has 0 atom stereocenters. The minimum atomic E-state index is 0.480. The first-order chi connectivity index (χ1) is 9.79. The molecule has 2 N–H and O–H groups in total. The maximum absolute atomic E-state index is 6.03. The van der Waals surface area contributed by atoms with Gasteiger partial charge in [-0.3, -0.25) is 0 Å². The molecule has 3 aromatic rings. The summed E-state index contributed by atoms with van der Waals surface area (Å²) in [5.74, 6) is 1.26. The van der Waals surface area contributed by atoms with Crippen LogP contribution in [0.4, 0.5) is 5.95 Å². The molecule has 2 heterocycles. The molecule has 104 valence electrons. The van der Waals surface area contributed by atoms with Gasteiger partial charge in [-0.25, -0.2) is 4.98 Å². The molecule has 20 heavy (non-hydrogen) atoms. The molecule has 1 aromatic carbocycles. The number of rotatable bonds is 5. The van der Waals surface area contributed by atoms with Gasteiger partial charge in [0.25, 0.3) is 0 Å². The number of benzene rings is 1. The number of furan rings is 1. The summed E-state index contributed by atoms with van der Waals surface area (Å²) < 4.78 is 12.8. The fourth-order valence-corrected chi connectivity index (χ4v) is 2.20. The van der Waals surface area contributed by atoms with Crippen LogP contribution in [0.2, 0.25) is 0 Å². The highest BCUT2D eigenvalue weighted by Crippen LogP contribution is 2.27. The number of nitrogen functional groups attached to an aromatic ring is 1. The third-order valence-corrected chi connectivity index (χ3v) is 3.15. The number of para-hydroxylation sites is 1. The van der Waals surface area contributed by atoms with Gasteiger partial charge < -0.3 is 19.5 Å². The molecular formula is C15H17N3O2. The monoisotopic (exact) mass is 271 g/mol. The van der Waals surface area contributed by atoms with E-state index in [0.29, 0.717) is 19.1 Å². The quantitative estimate of drug-likeness (QED) is 0.774. The molecule has 0 saturated heterocycles. The average Bonchev–Trinajstić information content (AvgIpc) is 3.06. The topological polar surface area (TPSA) is 66.2 Å². The Morgan fingerprint density at radius 1 is 1.35 bits per heavy atom. The van der Waals surface area contributed by atoms with Crippen molar-refractivity contribution in [3.05, 3.63) is 42.4 Å². The molecule has 5 heteroatoms. The van der Waals surface area contributed by atoms with E-state index in [2.05, 4.69) is 11.9 Å². The van der Waals surface area contributed by atoms with E-state index in [-0.39, 0.29) is 0 Å². The van der Waals surface area contributed by atoms with Crippen molar-refractivity contribution in [1.29, 1.82) is 0 Å². The van der Waals surface area contributed by atoms with E-state index in [1.807, 2.05) is 28.8 Å². The summed E-state index contributed by atoms with van der Waals surface area (Å²) in [6, 6.07) is 7.80. The van der Waals surface area contributed by atoms with Gasteiger partial charge in [0.15, 0.2) is 0 Å². The molecule has 0 spiro atoms. The highest BCUT2D eigenvalue weighted by atomic mass is 16.5. The number of fused-ring (bicyclic) bond motifs is 1. The zero-order valence-corrected chi connectivity index (χ0v) is 11.4. The van der Waals surface area contributed by atoms with Gasteiger partial charge in [-0.15, -0.1) is 0 Å². The van der Waals surface area contributed by atoms with E-state index >= 15 is 0 Å². The van der Waals surface area contributed by atoms with Crippen LogP contribution in [-0.4, -0.2) is 16.2 Å². The fraction of sp³-hybridized carbons (Fsp3) is 0.267. The molecule has 0 aliphatic carbocycles. The fourth-order valence-electron chi connectivity index (χ4n) is 2.20. The van der Waals surface area contributed by atoms with Crippen molar-refractivity contribution >= 4 is 17.0 Å². The molecule has 2 aromatic heterocycles. The molecule has 5 nitrogen and oxygen atoms in total. The number of hydrogen-bond acceptors (Lipinski definition) is 4. The zero-order valence-electron chi connectivity index (χ0n) is 11.4. The highest BCUT2D eigenvalue weighted by molar-refractivity contribution is 5.84. The smallest absolute Gasteiger partial charge is 0.201 e. The van der Waals surface area contributed by atoms with Gasteiger partial charge in [0.05, 0.1) is 31.2 Å². The van der Waals surface area contributed by atoms with Crippen molar-refractivity contribution in [2.45, 2.75) is 19.9 Å². The van der Waals surface area contributed by atoms with Crippen LogP contribution >= 0.6 is 0 Å². The molecule has 0 bridgehead atoms. The Labute approximate surface area is 117 Å². The van der Waals surface area contributed by atoms with Gasteiger partial charge in [0, 0.05) is 5.56 Å². The Balaban J connectivity index is 2.02. The molecule has 0 fully saturated rings. The third-order valence-electron chi connectivity index (χ3n) is 3.15. The maximum Gasteiger partial charge on any atom is 0.201 e. The molecule has 0 radical (unpaired) electrons. The molecule has 3 rings (SSSR count). The lowest BCUT2D eigenvalue weighted by molar-refractivity contribution is 0.320. The minimum Gasteiger partial charge on any atom is -0.491 e. The van der Waals surface area contributed by atoms with E-state index in [1.165, 1.54) is 0 Å². The van der Waals surface area contributed by atoms with Crippen molar-refractivity contribution in [2.75, 3.05) is 12.3 Å². The molecule has 0 unspecified atom stereocenters. The Hall–Kier alpha value is -2.43. The zero-order chi connectivity index (χ0) is 13.9. The number of nitrogens with two attached hydrogens (primary N) is 1. The van der Waals surface area contributed by atoms with Gasteiger partial charge in [0.1, 0.15) is 11.3 Å². The minimum absolute atomic E-state index is 0.480. The summed E-state index contributed by atoms with van der Waals surface area (Å²) in [7, 11) is 0. The van der Waals surface area contributed by atoms with Crippen LogP contribution in [0.15, 0.2) is 41.2 Å². The standard InChI is InChI=1S/C15H17N3O2/c1-2-7-20-13-5-3-4-12-14(13)17-15(16)18(12)9-11-6-8-19-10-11/h3-6,8,10H,2,7,9H2,1H3,(H2,16,17). The van der Waals surface area contributed by atoms with Gasteiger partial charge in [-0.1, -0.05) is 13.0 Å². The first-order valence-corrected chi connectivity index (χ1v) is 6.68. The van der Waals surface area contributed by atoms with Gasteiger partial charge >= 0.3 is 0 Å². The molecular weight excluding hydrogens is 254 g/mol. The second-order valence-electron chi connectivity index (χ2n) is 4.66. The molecule has 0 amide bonds. The summed E-state index contributed by atoms with van der Waals surface area (Å²) in [5.41, 5.74) is 8.86. The normalized spacial score (nSPS) is 11.1. The summed E-state index contributed by atoms with van der Waals surface area (Å²) in [4.78, 5) is 4.43. The van der Waals surface area contributed by atoms with Crippen LogP contribution < -0.4 is 10.5 Å². The van der Waals surface area contributed by atoms with Gasteiger partial charge in [-0.05, 0) is 24.6 Å². The first kappa shape index (κ1) is 12.6. The van der Waals surface area contributed by atoms with Crippen LogP contribution in [0.25, 0.3) is 11.0 Å². The SMILES string of the molecule is CCCOc1cccc2c1nc(N)n2Cc1ccoc1. The summed E-state index contributed by atoms with van der Waals surface area (Å²) in [6.07, 6.45) is 4.32.